The van der Waals surface area contributed by atoms with E-state index in [4.69, 9.17) is 0 Å². The van der Waals surface area contributed by atoms with E-state index in [0.717, 1.165) is 36.0 Å². The van der Waals surface area contributed by atoms with Crippen molar-refractivity contribution in [2.75, 3.05) is 6.54 Å². The van der Waals surface area contributed by atoms with Gasteiger partial charge in [0.1, 0.15) is 0 Å². The van der Waals surface area contributed by atoms with Gasteiger partial charge in [0.15, 0.2) is 0 Å². The fraction of sp³-hybridized carbons (Fsp3) is 0.600. The third-order valence-corrected chi connectivity index (χ3v) is 6.49. The van der Waals surface area contributed by atoms with Crippen LogP contribution in [0.3, 0.4) is 0 Å². The molecule has 1 aliphatic rings. The zero-order valence-electron chi connectivity index (χ0n) is 12.2. The largest absolute Gasteiger partial charge is 0.243 e. The molecule has 1 aliphatic heterocycles. The van der Waals surface area contributed by atoms with Crippen LogP contribution in [0.2, 0.25) is 0 Å². The van der Waals surface area contributed by atoms with E-state index in [1.165, 1.54) is 0 Å². The lowest BCUT2D eigenvalue weighted by molar-refractivity contribution is 0.268. The molecule has 0 bridgehead atoms. The van der Waals surface area contributed by atoms with Crippen molar-refractivity contribution in [2.45, 2.75) is 57.9 Å². The summed E-state index contributed by atoms with van der Waals surface area (Å²) in [7, 11) is -3.35. The maximum absolute atomic E-state index is 12.8. The Labute approximate surface area is 116 Å². The molecule has 0 aromatic heterocycles. The number of rotatable bonds is 2. The summed E-state index contributed by atoms with van der Waals surface area (Å²) in [5.74, 6) is 0. The first-order valence-electron chi connectivity index (χ1n) is 6.94. The molecule has 3 nitrogen and oxygen atoms in total. The lowest BCUT2D eigenvalue weighted by Gasteiger charge is -2.33. The molecule has 1 fully saturated rings. The number of hydrogen-bond acceptors (Lipinski definition) is 2. The van der Waals surface area contributed by atoms with E-state index in [1.807, 2.05) is 33.8 Å². The second-order valence-electron chi connectivity index (χ2n) is 5.59. The zero-order valence-corrected chi connectivity index (χ0v) is 13.0. The van der Waals surface area contributed by atoms with Gasteiger partial charge in [0.2, 0.25) is 10.0 Å². The maximum atomic E-state index is 12.8. The third kappa shape index (κ3) is 2.56. The van der Waals surface area contributed by atoms with Crippen molar-refractivity contribution < 1.29 is 8.42 Å². The van der Waals surface area contributed by atoms with Gasteiger partial charge in [0.25, 0.3) is 0 Å². The molecule has 2 rings (SSSR count). The molecular weight excluding hydrogens is 258 g/mol. The summed E-state index contributed by atoms with van der Waals surface area (Å²) < 4.78 is 27.3. The lowest BCUT2D eigenvalue weighted by atomic mass is 10.1. The number of sulfonamides is 1. The summed E-state index contributed by atoms with van der Waals surface area (Å²) in [5.41, 5.74) is 3.10. The number of piperidine rings is 1. The molecule has 0 aliphatic carbocycles. The average Bonchev–Trinajstić information content (AvgIpc) is 2.36. The van der Waals surface area contributed by atoms with Crippen molar-refractivity contribution in [1.29, 1.82) is 0 Å². The summed E-state index contributed by atoms with van der Waals surface area (Å²) >= 11 is 0. The molecule has 0 saturated carbocycles. The number of hydrogen-bond donors (Lipinski definition) is 0. The molecule has 4 heteroatoms. The highest BCUT2D eigenvalue weighted by molar-refractivity contribution is 7.89. The Morgan fingerprint density at radius 1 is 1.11 bits per heavy atom. The van der Waals surface area contributed by atoms with Crippen molar-refractivity contribution in [3.63, 3.8) is 0 Å². The second kappa shape index (κ2) is 5.25. The predicted molar refractivity (Wildman–Crippen MR) is 77.9 cm³/mol. The first-order valence-corrected chi connectivity index (χ1v) is 8.38. The molecule has 1 atom stereocenters. The van der Waals surface area contributed by atoms with E-state index in [-0.39, 0.29) is 6.04 Å². The molecule has 1 heterocycles. The fourth-order valence-corrected chi connectivity index (χ4v) is 4.75. The minimum Gasteiger partial charge on any atom is -0.207 e. The Morgan fingerprint density at radius 3 is 2.42 bits per heavy atom. The highest BCUT2D eigenvalue weighted by Gasteiger charge is 2.32. The number of benzene rings is 1. The van der Waals surface area contributed by atoms with E-state index in [9.17, 15) is 8.42 Å². The monoisotopic (exact) mass is 281 g/mol. The van der Waals surface area contributed by atoms with Gasteiger partial charge in [-0.1, -0.05) is 12.5 Å². The van der Waals surface area contributed by atoms with Crippen LogP contribution in [-0.4, -0.2) is 25.3 Å². The van der Waals surface area contributed by atoms with Gasteiger partial charge in [0.05, 0.1) is 4.90 Å². The molecule has 0 amide bonds. The van der Waals surface area contributed by atoms with E-state index < -0.39 is 10.0 Å². The van der Waals surface area contributed by atoms with Gasteiger partial charge >= 0.3 is 0 Å². The van der Waals surface area contributed by atoms with Crippen LogP contribution >= 0.6 is 0 Å². The lowest BCUT2D eigenvalue weighted by Crippen LogP contribution is -2.42. The van der Waals surface area contributed by atoms with Crippen LogP contribution in [0.25, 0.3) is 0 Å². The Balaban J connectivity index is 2.48. The fourth-order valence-electron chi connectivity index (χ4n) is 2.77. The van der Waals surface area contributed by atoms with Crippen molar-refractivity contribution in [2.24, 2.45) is 0 Å². The normalized spacial score (nSPS) is 21.6. The van der Waals surface area contributed by atoms with Gasteiger partial charge in [-0.25, -0.2) is 8.42 Å². The van der Waals surface area contributed by atoms with Gasteiger partial charge < -0.3 is 0 Å². The van der Waals surface area contributed by atoms with Gasteiger partial charge in [-0.15, -0.1) is 0 Å². The van der Waals surface area contributed by atoms with Crippen LogP contribution in [0.1, 0.15) is 42.9 Å². The first kappa shape index (κ1) is 14.5. The third-order valence-electron chi connectivity index (χ3n) is 4.34. The highest BCUT2D eigenvalue weighted by atomic mass is 32.2. The molecule has 0 spiro atoms. The van der Waals surface area contributed by atoms with Crippen LogP contribution in [0.4, 0.5) is 0 Å². The molecule has 1 aromatic carbocycles. The molecule has 1 saturated heterocycles. The van der Waals surface area contributed by atoms with Crippen LogP contribution in [-0.2, 0) is 10.0 Å². The summed E-state index contributed by atoms with van der Waals surface area (Å²) in [5, 5.41) is 0. The van der Waals surface area contributed by atoms with Crippen LogP contribution in [0, 0.1) is 20.8 Å². The Morgan fingerprint density at radius 2 is 1.79 bits per heavy atom. The Kier molecular flexibility index (Phi) is 4.02. The minimum absolute atomic E-state index is 0.111. The highest BCUT2D eigenvalue weighted by Crippen LogP contribution is 2.28. The van der Waals surface area contributed by atoms with E-state index in [1.54, 1.807) is 10.4 Å². The molecule has 106 valence electrons. The van der Waals surface area contributed by atoms with E-state index >= 15 is 0 Å². The average molecular weight is 281 g/mol. The molecule has 0 unspecified atom stereocenters. The van der Waals surface area contributed by atoms with Crippen LogP contribution < -0.4 is 0 Å². The van der Waals surface area contributed by atoms with Gasteiger partial charge in [-0.3, -0.25) is 0 Å². The maximum Gasteiger partial charge on any atom is 0.243 e. The van der Waals surface area contributed by atoms with Gasteiger partial charge in [0, 0.05) is 12.6 Å². The number of aryl methyl sites for hydroxylation is 1. The molecule has 1 aromatic rings. The predicted octanol–water partition coefficient (Wildman–Crippen LogP) is 3.17. The first-order chi connectivity index (χ1) is 8.85. The van der Waals surface area contributed by atoms with Crippen LogP contribution in [0.5, 0.6) is 0 Å². The second-order valence-corrected chi connectivity index (χ2v) is 7.45. The zero-order chi connectivity index (χ0) is 14.2. The van der Waals surface area contributed by atoms with Crippen molar-refractivity contribution in [3.8, 4) is 0 Å². The quantitative estimate of drug-likeness (QED) is 0.835. The van der Waals surface area contributed by atoms with Crippen molar-refractivity contribution in [3.05, 3.63) is 28.8 Å². The minimum atomic E-state index is -3.35. The number of nitrogens with zero attached hydrogens (tertiary/aromatic N) is 1. The standard InChI is InChI=1S/C15H23NO2S/c1-11-8-9-15(14(4)13(11)3)19(17,18)16-10-6-5-7-12(16)2/h8-9,12H,5-7,10H2,1-4H3/t12-/m1/s1. The molecule has 19 heavy (non-hydrogen) atoms. The van der Waals surface area contributed by atoms with Crippen molar-refractivity contribution in [1.82, 2.24) is 4.31 Å². The molecule has 0 radical (unpaired) electrons. The van der Waals surface area contributed by atoms with E-state index in [2.05, 4.69) is 0 Å². The molecular formula is C15H23NO2S. The SMILES string of the molecule is Cc1ccc(S(=O)(=O)N2CCCC[C@H]2C)c(C)c1C. The van der Waals surface area contributed by atoms with Gasteiger partial charge in [-0.05, 0) is 63.3 Å². The molecule has 0 N–H and O–H groups in total. The summed E-state index contributed by atoms with van der Waals surface area (Å²) in [6.45, 7) is 8.57. The van der Waals surface area contributed by atoms with Gasteiger partial charge in [-0.2, -0.15) is 4.31 Å². The summed E-state index contributed by atoms with van der Waals surface area (Å²) in [6.07, 6.45) is 3.05. The Hall–Kier alpha value is -0.870. The smallest absolute Gasteiger partial charge is 0.207 e. The van der Waals surface area contributed by atoms with Crippen LogP contribution in [0.15, 0.2) is 17.0 Å². The van der Waals surface area contributed by atoms with E-state index in [0.29, 0.717) is 11.4 Å². The Bertz CT molecular complexity index is 578. The summed E-state index contributed by atoms with van der Waals surface area (Å²) in [6, 6.07) is 3.78. The summed E-state index contributed by atoms with van der Waals surface area (Å²) in [4.78, 5) is 0.476. The van der Waals surface area contributed by atoms with Crippen molar-refractivity contribution >= 4 is 10.0 Å². The topological polar surface area (TPSA) is 37.4 Å².